The van der Waals surface area contributed by atoms with E-state index in [4.69, 9.17) is 5.73 Å². The molecule has 0 aliphatic rings. The van der Waals surface area contributed by atoms with Crippen LogP contribution in [0.1, 0.15) is 5.56 Å². The summed E-state index contributed by atoms with van der Waals surface area (Å²) < 4.78 is 25.6. The van der Waals surface area contributed by atoms with Crippen LogP contribution in [0.15, 0.2) is 42.5 Å². The van der Waals surface area contributed by atoms with Gasteiger partial charge < -0.3 is 11.1 Å². The molecule has 0 atom stereocenters. The maximum atomic E-state index is 12.9. The van der Waals surface area contributed by atoms with Gasteiger partial charge in [-0.25, -0.2) is 8.78 Å². The summed E-state index contributed by atoms with van der Waals surface area (Å²) in [7, 11) is 0. The van der Waals surface area contributed by atoms with Gasteiger partial charge in [-0.2, -0.15) is 0 Å². The average Bonchev–Trinajstić information content (AvgIpc) is 2.33. The van der Waals surface area contributed by atoms with E-state index in [0.717, 1.165) is 11.3 Å². The van der Waals surface area contributed by atoms with Gasteiger partial charge in [-0.15, -0.1) is 0 Å². The molecule has 0 bridgehead atoms. The molecule has 88 valence electrons. The van der Waals surface area contributed by atoms with Crippen molar-refractivity contribution in [3.05, 3.63) is 59.7 Å². The van der Waals surface area contributed by atoms with Crippen LogP contribution in [0.4, 0.5) is 20.2 Å². The number of nitrogens with two attached hydrogens (primary N) is 1. The zero-order valence-corrected chi connectivity index (χ0v) is 9.08. The smallest absolute Gasteiger partial charge is 0.146 e. The molecule has 2 aromatic rings. The van der Waals surface area contributed by atoms with Gasteiger partial charge in [0.1, 0.15) is 11.6 Å². The number of rotatable bonds is 3. The van der Waals surface area contributed by atoms with Crippen molar-refractivity contribution < 1.29 is 8.78 Å². The van der Waals surface area contributed by atoms with Crippen molar-refractivity contribution in [3.8, 4) is 0 Å². The standard InChI is InChI=1S/C13H12F2N2/c14-10-3-1-9(2-4-10)8-17-11-5-6-12(15)13(16)7-11/h1-7,17H,8,16H2. The van der Waals surface area contributed by atoms with Crippen LogP contribution in [-0.4, -0.2) is 0 Å². The second-order valence-electron chi connectivity index (χ2n) is 3.72. The fourth-order valence-corrected chi connectivity index (χ4v) is 1.46. The van der Waals surface area contributed by atoms with E-state index in [9.17, 15) is 8.78 Å². The Morgan fingerprint density at radius 2 is 1.71 bits per heavy atom. The lowest BCUT2D eigenvalue weighted by molar-refractivity contribution is 0.627. The van der Waals surface area contributed by atoms with Crippen molar-refractivity contribution in [1.82, 2.24) is 0 Å². The quantitative estimate of drug-likeness (QED) is 0.800. The van der Waals surface area contributed by atoms with Gasteiger partial charge in [0.05, 0.1) is 5.69 Å². The number of hydrogen-bond acceptors (Lipinski definition) is 2. The first-order valence-corrected chi connectivity index (χ1v) is 5.18. The third-order valence-electron chi connectivity index (χ3n) is 2.41. The van der Waals surface area contributed by atoms with Crippen molar-refractivity contribution in [2.45, 2.75) is 6.54 Å². The Hall–Kier alpha value is -2.10. The molecule has 2 nitrogen and oxygen atoms in total. The Morgan fingerprint density at radius 1 is 1.00 bits per heavy atom. The molecule has 17 heavy (non-hydrogen) atoms. The maximum Gasteiger partial charge on any atom is 0.146 e. The molecule has 2 aromatic carbocycles. The molecule has 0 saturated heterocycles. The average molecular weight is 234 g/mol. The van der Waals surface area contributed by atoms with Gasteiger partial charge in [-0.1, -0.05) is 12.1 Å². The predicted octanol–water partition coefficient (Wildman–Crippen LogP) is 3.16. The summed E-state index contributed by atoms with van der Waals surface area (Å²) in [6, 6.07) is 10.6. The van der Waals surface area contributed by atoms with E-state index in [1.54, 1.807) is 18.2 Å². The molecule has 3 N–H and O–H groups in total. The molecule has 0 fully saturated rings. The van der Waals surface area contributed by atoms with Gasteiger partial charge in [0.2, 0.25) is 0 Å². The highest BCUT2D eigenvalue weighted by Gasteiger charge is 1.99. The number of nitrogen functional groups attached to an aromatic ring is 1. The van der Waals surface area contributed by atoms with Crippen LogP contribution in [0.5, 0.6) is 0 Å². The van der Waals surface area contributed by atoms with Gasteiger partial charge >= 0.3 is 0 Å². The third kappa shape index (κ3) is 2.93. The van der Waals surface area contributed by atoms with Crippen LogP contribution in [0.2, 0.25) is 0 Å². The summed E-state index contributed by atoms with van der Waals surface area (Å²) in [5.41, 5.74) is 7.22. The first-order chi connectivity index (χ1) is 8.15. The largest absolute Gasteiger partial charge is 0.396 e. The highest BCUT2D eigenvalue weighted by Crippen LogP contribution is 2.17. The van der Waals surface area contributed by atoms with Gasteiger partial charge in [0.15, 0.2) is 0 Å². The predicted molar refractivity (Wildman–Crippen MR) is 64.5 cm³/mol. The molecule has 0 amide bonds. The van der Waals surface area contributed by atoms with Gasteiger partial charge in [-0.05, 0) is 35.9 Å². The van der Waals surface area contributed by atoms with Crippen molar-refractivity contribution in [3.63, 3.8) is 0 Å². The number of anilines is 2. The van der Waals surface area contributed by atoms with Crippen LogP contribution < -0.4 is 11.1 Å². The molecule has 0 unspecified atom stereocenters. The van der Waals surface area contributed by atoms with Crippen LogP contribution in [0.25, 0.3) is 0 Å². The Kier molecular flexibility index (Phi) is 3.23. The molecule has 0 aliphatic carbocycles. The van der Waals surface area contributed by atoms with E-state index < -0.39 is 5.82 Å². The minimum atomic E-state index is -0.433. The Labute approximate surface area is 98.1 Å². The fraction of sp³-hybridized carbons (Fsp3) is 0.0769. The molecular weight excluding hydrogens is 222 g/mol. The van der Waals surface area contributed by atoms with Crippen LogP contribution in [0.3, 0.4) is 0 Å². The Bertz CT molecular complexity index is 509. The fourth-order valence-electron chi connectivity index (χ4n) is 1.46. The highest BCUT2D eigenvalue weighted by atomic mass is 19.1. The first-order valence-electron chi connectivity index (χ1n) is 5.18. The van der Waals surface area contributed by atoms with E-state index in [2.05, 4.69) is 5.32 Å². The van der Waals surface area contributed by atoms with Gasteiger partial charge in [0, 0.05) is 12.2 Å². The minimum absolute atomic E-state index is 0.106. The van der Waals surface area contributed by atoms with Crippen molar-refractivity contribution in [2.24, 2.45) is 0 Å². The minimum Gasteiger partial charge on any atom is -0.396 e. The Morgan fingerprint density at radius 3 is 2.35 bits per heavy atom. The number of hydrogen-bond donors (Lipinski definition) is 2. The molecule has 0 aromatic heterocycles. The molecule has 4 heteroatoms. The third-order valence-corrected chi connectivity index (χ3v) is 2.41. The first kappa shape index (κ1) is 11.4. The van der Waals surface area contributed by atoms with Crippen LogP contribution in [0, 0.1) is 11.6 Å². The van der Waals surface area contributed by atoms with Crippen LogP contribution in [-0.2, 0) is 6.54 Å². The van der Waals surface area contributed by atoms with E-state index in [-0.39, 0.29) is 11.5 Å². The van der Waals surface area contributed by atoms with Crippen molar-refractivity contribution in [1.29, 1.82) is 0 Å². The van der Waals surface area contributed by atoms with E-state index in [1.807, 2.05) is 0 Å². The van der Waals surface area contributed by atoms with Crippen molar-refractivity contribution >= 4 is 11.4 Å². The number of benzene rings is 2. The lowest BCUT2D eigenvalue weighted by Crippen LogP contribution is -2.00. The zero-order valence-electron chi connectivity index (χ0n) is 9.08. The molecule has 0 spiro atoms. The lowest BCUT2D eigenvalue weighted by Gasteiger charge is -2.07. The summed E-state index contributed by atoms with van der Waals surface area (Å²) in [4.78, 5) is 0. The monoisotopic (exact) mass is 234 g/mol. The van der Waals surface area contributed by atoms with Gasteiger partial charge in [-0.3, -0.25) is 0 Å². The molecule has 2 rings (SSSR count). The molecule has 0 radical (unpaired) electrons. The SMILES string of the molecule is Nc1cc(NCc2ccc(F)cc2)ccc1F. The second-order valence-corrected chi connectivity index (χ2v) is 3.72. The molecule has 0 aliphatic heterocycles. The summed E-state index contributed by atoms with van der Waals surface area (Å²) in [5, 5.41) is 3.08. The maximum absolute atomic E-state index is 12.9. The van der Waals surface area contributed by atoms with E-state index in [1.165, 1.54) is 24.3 Å². The van der Waals surface area contributed by atoms with Crippen molar-refractivity contribution in [2.75, 3.05) is 11.1 Å². The highest BCUT2D eigenvalue weighted by molar-refractivity contribution is 5.55. The topological polar surface area (TPSA) is 38.0 Å². The summed E-state index contributed by atoms with van der Waals surface area (Å²) in [5.74, 6) is -0.697. The second kappa shape index (κ2) is 4.82. The summed E-state index contributed by atoms with van der Waals surface area (Å²) in [6.45, 7) is 0.533. The molecule has 0 heterocycles. The van der Waals surface area contributed by atoms with Gasteiger partial charge in [0.25, 0.3) is 0 Å². The number of nitrogens with one attached hydrogen (secondary N) is 1. The number of halogens is 2. The molecular formula is C13H12F2N2. The lowest BCUT2D eigenvalue weighted by atomic mass is 10.2. The molecule has 0 saturated carbocycles. The Balaban J connectivity index is 2.02. The summed E-state index contributed by atoms with van der Waals surface area (Å²) in [6.07, 6.45) is 0. The van der Waals surface area contributed by atoms with E-state index in [0.29, 0.717) is 6.54 Å². The van der Waals surface area contributed by atoms with Crippen LogP contribution >= 0.6 is 0 Å². The zero-order chi connectivity index (χ0) is 12.3. The summed E-state index contributed by atoms with van der Waals surface area (Å²) >= 11 is 0. The normalized spacial score (nSPS) is 10.2. The van der Waals surface area contributed by atoms with E-state index >= 15 is 0 Å².